The van der Waals surface area contributed by atoms with E-state index in [1.807, 2.05) is 13.0 Å². The third kappa shape index (κ3) is 4.51. The first kappa shape index (κ1) is 16.0. The quantitative estimate of drug-likeness (QED) is 0.760. The standard InChI is InChI=1S/C16H26O3/c1-4-12-7-8-16(19-6-3)15(9-12)13(5-2)10-14(18)11-17/h7-9,13-14,17-18H,4-6,10-11H2,1-3H3. The average molecular weight is 266 g/mol. The number of aryl methyl sites for hydroxylation is 1. The summed E-state index contributed by atoms with van der Waals surface area (Å²) in [5.41, 5.74) is 2.42. The maximum atomic E-state index is 9.68. The van der Waals surface area contributed by atoms with Gasteiger partial charge in [-0.1, -0.05) is 26.0 Å². The van der Waals surface area contributed by atoms with E-state index in [0.717, 1.165) is 24.2 Å². The molecule has 0 spiro atoms. The molecule has 0 heterocycles. The number of aliphatic hydroxyl groups excluding tert-OH is 2. The summed E-state index contributed by atoms with van der Waals surface area (Å²) in [6.45, 7) is 6.65. The Morgan fingerprint density at radius 1 is 1.21 bits per heavy atom. The Balaban J connectivity index is 3.03. The molecule has 0 saturated carbocycles. The van der Waals surface area contributed by atoms with Crippen LogP contribution in [0.4, 0.5) is 0 Å². The molecular formula is C16H26O3. The zero-order valence-corrected chi connectivity index (χ0v) is 12.2. The summed E-state index contributed by atoms with van der Waals surface area (Å²) >= 11 is 0. The number of benzene rings is 1. The van der Waals surface area contributed by atoms with Crippen molar-refractivity contribution in [3.05, 3.63) is 29.3 Å². The first-order valence-corrected chi connectivity index (χ1v) is 7.20. The van der Waals surface area contributed by atoms with E-state index in [4.69, 9.17) is 9.84 Å². The van der Waals surface area contributed by atoms with Crippen LogP contribution in [-0.2, 0) is 6.42 Å². The highest BCUT2D eigenvalue weighted by Gasteiger charge is 2.18. The number of rotatable bonds is 8. The molecule has 2 unspecified atom stereocenters. The normalized spacial score (nSPS) is 14.2. The van der Waals surface area contributed by atoms with E-state index in [9.17, 15) is 5.11 Å². The summed E-state index contributed by atoms with van der Waals surface area (Å²) in [5.74, 6) is 1.12. The van der Waals surface area contributed by atoms with Crippen molar-refractivity contribution in [3.63, 3.8) is 0 Å². The van der Waals surface area contributed by atoms with Crippen LogP contribution < -0.4 is 4.74 Å². The van der Waals surface area contributed by atoms with Crippen LogP contribution in [0.15, 0.2) is 18.2 Å². The van der Waals surface area contributed by atoms with Gasteiger partial charge in [0.1, 0.15) is 5.75 Å². The van der Waals surface area contributed by atoms with Gasteiger partial charge in [-0.15, -0.1) is 0 Å². The van der Waals surface area contributed by atoms with Gasteiger partial charge in [0.05, 0.1) is 19.3 Å². The molecule has 1 aromatic carbocycles. The van der Waals surface area contributed by atoms with E-state index in [1.54, 1.807) is 0 Å². The molecule has 1 aromatic rings. The van der Waals surface area contributed by atoms with Gasteiger partial charge in [-0.3, -0.25) is 0 Å². The highest BCUT2D eigenvalue weighted by Crippen LogP contribution is 2.33. The van der Waals surface area contributed by atoms with Crippen LogP contribution in [-0.4, -0.2) is 29.5 Å². The smallest absolute Gasteiger partial charge is 0.122 e. The van der Waals surface area contributed by atoms with E-state index in [-0.39, 0.29) is 12.5 Å². The van der Waals surface area contributed by atoms with Crippen LogP contribution in [0.3, 0.4) is 0 Å². The molecule has 0 saturated heterocycles. The van der Waals surface area contributed by atoms with Crippen LogP contribution in [0.2, 0.25) is 0 Å². The second-order valence-electron chi connectivity index (χ2n) is 4.84. The van der Waals surface area contributed by atoms with Gasteiger partial charge in [0.25, 0.3) is 0 Å². The fraction of sp³-hybridized carbons (Fsp3) is 0.625. The van der Waals surface area contributed by atoms with Gasteiger partial charge in [0.2, 0.25) is 0 Å². The number of hydrogen-bond acceptors (Lipinski definition) is 3. The summed E-state index contributed by atoms with van der Waals surface area (Å²) in [5, 5.41) is 18.7. The molecule has 2 N–H and O–H groups in total. The molecular weight excluding hydrogens is 240 g/mol. The Morgan fingerprint density at radius 2 is 1.95 bits per heavy atom. The third-order valence-corrected chi connectivity index (χ3v) is 3.48. The summed E-state index contributed by atoms with van der Waals surface area (Å²) in [6.07, 6.45) is 1.81. The molecule has 0 radical (unpaired) electrons. The van der Waals surface area contributed by atoms with Gasteiger partial charge in [-0.25, -0.2) is 0 Å². The monoisotopic (exact) mass is 266 g/mol. The molecule has 3 heteroatoms. The fourth-order valence-electron chi connectivity index (χ4n) is 2.34. The zero-order valence-electron chi connectivity index (χ0n) is 12.2. The Morgan fingerprint density at radius 3 is 2.47 bits per heavy atom. The van der Waals surface area contributed by atoms with Gasteiger partial charge in [0.15, 0.2) is 0 Å². The Bertz CT molecular complexity index is 376. The fourth-order valence-corrected chi connectivity index (χ4v) is 2.34. The van der Waals surface area contributed by atoms with Gasteiger partial charge >= 0.3 is 0 Å². The second kappa shape index (κ2) is 8.18. The first-order chi connectivity index (χ1) is 9.15. The molecule has 0 aliphatic carbocycles. The molecule has 3 nitrogen and oxygen atoms in total. The van der Waals surface area contributed by atoms with Crippen LogP contribution in [0, 0.1) is 0 Å². The summed E-state index contributed by atoms with van der Waals surface area (Å²) in [6, 6.07) is 6.28. The zero-order chi connectivity index (χ0) is 14.3. The van der Waals surface area contributed by atoms with E-state index >= 15 is 0 Å². The lowest BCUT2D eigenvalue weighted by molar-refractivity contribution is 0.0815. The van der Waals surface area contributed by atoms with Crippen LogP contribution in [0.1, 0.15) is 50.7 Å². The Hall–Kier alpha value is -1.06. The molecule has 0 amide bonds. The molecule has 1 rings (SSSR count). The Labute approximate surface area is 116 Å². The minimum Gasteiger partial charge on any atom is -0.494 e. The number of aliphatic hydroxyl groups is 2. The number of ether oxygens (including phenoxy) is 1. The average Bonchev–Trinajstić information content (AvgIpc) is 2.45. The molecule has 0 bridgehead atoms. The molecule has 19 heavy (non-hydrogen) atoms. The number of hydrogen-bond donors (Lipinski definition) is 2. The lowest BCUT2D eigenvalue weighted by Gasteiger charge is -2.22. The predicted octanol–water partition coefficient (Wildman–Crippen LogP) is 2.88. The van der Waals surface area contributed by atoms with Crippen molar-refractivity contribution in [2.45, 2.75) is 52.1 Å². The van der Waals surface area contributed by atoms with Crippen molar-refractivity contribution in [2.75, 3.05) is 13.2 Å². The minimum absolute atomic E-state index is 0.187. The first-order valence-electron chi connectivity index (χ1n) is 7.20. The largest absolute Gasteiger partial charge is 0.494 e. The topological polar surface area (TPSA) is 49.7 Å². The third-order valence-electron chi connectivity index (χ3n) is 3.48. The van der Waals surface area contributed by atoms with Crippen molar-refractivity contribution in [1.82, 2.24) is 0 Å². The Kier molecular flexibility index (Phi) is 6.89. The van der Waals surface area contributed by atoms with Gasteiger partial charge in [0, 0.05) is 0 Å². The van der Waals surface area contributed by atoms with Crippen LogP contribution in [0.5, 0.6) is 5.75 Å². The SMILES string of the molecule is CCOc1ccc(CC)cc1C(CC)CC(O)CO. The van der Waals surface area contributed by atoms with Crippen molar-refractivity contribution in [3.8, 4) is 5.75 Å². The van der Waals surface area contributed by atoms with Crippen LogP contribution in [0.25, 0.3) is 0 Å². The highest BCUT2D eigenvalue weighted by molar-refractivity contribution is 5.40. The maximum absolute atomic E-state index is 9.68. The molecule has 0 fully saturated rings. The molecule has 2 atom stereocenters. The van der Waals surface area contributed by atoms with Gasteiger partial charge < -0.3 is 14.9 Å². The lowest BCUT2D eigenvalue weighted by atomic mass is 9.89. The molecule has 0 aromatic heterocycles. The van der Waals surface area contributed by atoms with E-state index in [1.165, 1.54) is 5.56 Å². The van der Waals surface area contributed by atoms with E-state index in [2.05, 4.69) is 26.0 Å². The van der Waals surface area contributed by atoms with Crippen molar-refractivity contribution < 1.29 is 14.9 Å². The molecule has 108 valence electrons. The van der Waals surface area contributed by atoms with E-state index < -0.39 is 6.10 Å². The lowest BCUT2D eigenvalue weighted by Crippen LogP contribution is -2.17. The molecule has 0 aliphatic heterocycles. The van der Waals surface area contributed by atoms with Gasteiger partial charge in [-0.05, 0) is 49.3 Å². The van der Waals surface area contributed by atoms with Crippen LogP contribution >= 0.6 is 0 Å². The predicted molar refractivity (Wildman–Crippen MR) is 77.7 cm³/mol. The summed E-state index contributed by atoms with van der Waals surface area (Å²) in [4.78, 5) is 0. The summed E-state index contributed by atoms with van der Waals surface area (Å²) < 4.78 is 5.69. The maximum Gasteiger partial charge on any atom is 0.122 e. The van der Waals surface area contributed by atoms with Crippen molar-refractivity contribution in [2.24, 2.45) is 0 Å². The van der Waals surface area contributed by atoms with Gasteiger partial charge in [-0.2, -0.15) is 0 Å². The minimum atomic E-state index is -0.662. The molecule has 0 aliphatic rings. The van der Waals surface area contributed by atoms with Crippen molar-refractivity contribution in [1.29, 1.82) is 0 Å². The highest BCUT2D eigenvalue weighted by atomic mass is 16.5. The second-order valence-corrected chi connectivity index (χ2v) is 4.84. The van der Waals surface area contributed by atoms with Crippen molar-refractivity contribution >= 4 is 0 Å². The van der Waals surface area contributed by atoms with E-state index in [0.29, 0.717) is 13.0 Å². The summed E-state index contributed by atoms with van der Waals surface area (Å²) in [7, 11) is 0.